The maximum absolute atomic E-state index is 13.4. The van der Waals surface area contributed by atoms with Crippen LogP contribution in [-0.4, -0.2) is 61.4 Å². The summed E-state index contributed by atoms with van der Waals surface area (Å²) in [6.07, 6.45) is -4.76. The van der Waals surface area contributed by atoms with E-state index in [1.807, 2.05) is 6.07 Å². The second-order valence-electron chi connectivity index (χ2n) is 10.1. The highest BCUT2D eigenvalue weighted by Gasteiger charge is 2.45. The summed E-state index contributed by atoms with van der Waals surface area (Å²) in [6.45, 7) is 1.32. The average molecular weight is 553 g/mol. The van der Waals surface area contributed by atoms with Gasteiger partial charge >= 0.3 is 0 Å². The maximum atomic E-state index is 13.4. The number of Topliss-reactive ketones (excluding diaryl/α,β-unsaturated/α-hetero) is 2. The molecule has 5 atom stereocenters. The first-order valence-corrected chi connectivity index (χ1v) is 13.1. The Balaban J connectivity index is 1.74. The summed E-state index contributed by atoms with van der Waals surface area (Å²) < 4.78 is 7.89. The predicted molar refractivity (Wildman–Crippen MR) is 144 cm³/mol. The summed E-state index contributed by atoms with van der Waals surface area (Å²) in [7, 11) is 0. The van der Waals surface area contributed by atoms with Crippen LogP contribution >= 0.6 is 23.2 Å². The van der Waals surface area contributed by atoms with Crippen molar-refractivity contribution in [1.82, 2.24) is 9.55 Å². The molecular formula is C28H22Cl2N2O6. The van der Waals surface area contributed by atoms with Crippen molar-refractivity contribution < 1.29 is 29.6 Å². The largest absolute Gasteiger partial charge is 0.394 e. The number of aromatic nitrogens is 2. The fraction of sp³-hybridized carbons (Fsp3) is 0.286. The molecule has 0 saturated carbocycles. The van der Waals surface area contributed by atoms with Gasteiger partial charge in [-0.1, -0.05) is 54.4 Å². The number of halogens is 2. The Labute approximate surface area is 225 Å². The average Bonchev–Trinajstić information content (AvgIpc) is 3.53. The van der Waals surface area contributed by atoms with Gasteiger partial charge in [-0.15, -0.1) is 0 Å². The zero-order valence-corrected chi connectivity index (χ0v) is 21.5. The zero-order chi connectivity index (χ0) is 26.6. The minimum absolute atomic E-state index is 0.255. The van der Waals surface area contributed by atoms with E-state index in [2.05, 4.69) is 4.98 Å². The van der Waals surface area contributed by atoms with Crippen LogP contribution in [0.2, 0.25) is 10.0 Å². The van der Waals surface area contributed by atoms with E-state index < -0.39 is 30.5 Å². The van der Waals surface area contributed by atoms with Gasteiger partial charge in [-0.2, -0.15) is 0 Å². The SMILES string of the molecule is CC1C(CO)OC(n2c3c(Cl)cccc3c3c4c(c5c6cccc(Cl)c6[nH]c5c32)C(=O)CC4=O)C(O)C1O. The van der Waals surface area contributed by atoms with Gasteiger partial charge in [0.15, 0.2) is 17.8 Å². The number of rotatable bonds is 2. The summed E-state index contributed by atoms with van der Waals surface area (Å²) in [6, 6.07) is 10.6. The number of ketones is 2. The molecule has 7 rings (SSSR count). The maximum Gasteiger partial charge on any atom is 0.172 e. The number of hydrogen-bond donors (Lipinski definition) is 4. The third-order valence-electron chi connectivity index (χ3n) is 8.14. The second-order valence-corrected chi connectivity index (χ2v) is 10.9. The lowest BCUT2D eigenvalue weighted by Gasteiger charge is -2.42. The lowest BCUT2D eigenvalue weighted by molar-refractivity contribution is -0.227. The first-order chi connectivity index (χ1) is 18.2. The smallest absolute Gasteiger partial charge is 0.172 e. The van der Waals surface area contributed by atoms with Gasteiger partial charge in [-0.3, -0.25) is 9.59 Å². The summed E-state index contributed by atoms with van der Waals surface area (Å²) in [5.74, 6) is -1.12. The number of aromatic amines is 1. The molecule has 1 aliphatic carbocycles. The molecule has 2 aliphatic rings. The van der Waals surface area contributed by atoms with Crippen LogP contribution in [0.5, 0.6) is 0 Å². The Morgan fingerprint density at radius 1 is 0.921 bits per heavy atom. The Bertz CT molecular complexity index is 1860. The molecule has 38 heavy (non-hydrogen) atoms. The highest BCUT2D eigenvalue weighted by atomic mass is 35.5. The Morgan fingerprint density at radius 3 is 2.29 bits per heavy atom. The number of benzene rings is 3. The van der Waals surface area contributed by atoms with E-state index in [9.17, 15) is 24.9 Å². The molecule has 10 heteroatoms. The van der Waals surface area contributed by atoms with Crippen LogP contribution in [0.3, 0.4) is 0 Å². The molecule has 1 saturated heterocycles. The van der Waals surface area contributed by atoms with Crippen molar-refractivity contribution in [3.63, 3.8) is 0 Å². The molecule has 0 spiro atoms. The Morgan fingerprint density at radius 2 is 1.58 bits per heavy atom. The number of para-hydroxylation sites is 2. The number of fused-ring (bicyclic) bond motifs is 10. The van der Waals surface area contributed by atoms with Gasteiger partial charge in [0, 0.05) is 38.6 Å². The molecule has 1 fully saturated rings. The fourth-order valence-corrected chi connectivity index (χ4v) is 6.82. The molecule has 1 aliphatic heterocycles. The predicted octanol–water partition coefficient (Wildman–Crippen LogP) is 4.75. The van der Waals surface area contributed by atoms with Gasteiger partial charge in [0.05, 0.1) is 57.3 Å². The number of nitrogens with one attached hydrogen (secondary N) is 1. The molecular weight excluding hydrogens is 531 g/mol. The number of H-pyrrole nitrogens is 1. The molecule has 3 heterocycles. The minimum Gasteiger partial charge on any atom is -0.394 e. The van der Waals surface area contributed by atoms with E-state index in [0.29, 0.717) is 64.8 Å². The molecule has 2 aromatic heterocycles. The highest BCUT2D eigenvalue weighted by Crippen LogP contribution is 2.49. The third-order valence-corrected chi connectivity index (χ3v) is 8.76. The van der Waals surface area contributed by atoms with Gasteiger partial charge in [0.1, 0.15) is 6.10 Å². The van der Waals surface area contributed by atoms with Crippen molar-refractivity contribution >= 4 is 78.4 Å². The van der Waals surface area contributed by atoms with Crippen LogP contribution in [0.15, 0.2) is 36.4 Å². The fourth-order valence-electron chi connectivity index (χ4n) is 6.33. The van der Waals surface area contributed by atoms with E-state index >= 15 is 0 Å². The van der Waals surface area contributed by atoms with Crippen LogP contribution in [-0.2, 0) is 4.74 Å². The quantitative estimate of drug-likeness (QED) is 0.234. The molecule has 0 radical (unpaired) electrons. The molecule has 0 amide bonds. The van der Waals surface area contributed by atoms with E-state index in [0.717, 1.165) is 0 Å². The van der Waals surface area contributed by atoms with Crippen molar-refractivity contribution in [2.45, 2.75) is 37.9 Å². The second kappa shape index (κ2) is 8.26. The summed E-state index contributed by atoms with van der Waals surface area (Å²) >= 11 is 13.3. The van der Waals surface area contributed by atoms with Crippen molar-refractivity contribution in [2.24, 2.45) is 5.92 Å². The molecule has 3 aromatic carbocycles. The van der Waals surface area contributed by atoms with E-state index in [1.54, 1.807) is 41.8 Å². The first kappa shape index (κ1) is 24.1. The monoisotopic (exact) mass is 552 g/mol. The van der Waals surface area contributed by atoms with Gasteiger partial charge in [-0.05, 0) is 12.1 Å². The van der Waals surface area contributed by atoms with Crippen LogP contribution in [0.4, 0.5) is 0 Å². The van der Waals surface area contributed by atoms with Crippen molar-refractivity contribution in [1.29, 1.82) is 0 Å². The van der Waals surface area contributed by atoms with Gasteiger partial charge in [-0.25, -0.2) is 0 Å². The minimum atomic E-state index is -1.38. The van der Waals surface area contributed by atoms with Crippen LogP contribution in [0.1, 0.15) is 40.3 Å². The first-order valence-electron chi connectivity index (χ1n) is 12.3. The molecule has 4 N–H and O–H groups in total. The topological polar surface area (TPSA) is 125 Å². The zero-order valence-electron chi connectivity index (χ0n) is 20.0. The van der Waals surface area contributed by atoms with E-state index in [1.165, 1.54) is 0 Å². The molecule has 0 bridgehead atoms. The van der Waals surface area contributed by atoms with Gasteiger partial charge < -0.3 is 29.6 Å². The Kier molecular flexibility index (Phi) is 5.23. The molecule has 5 unspecified atom stereocenters. The number of aliphatic hydroxyl groups excluding tert-OH is 3. The summed E-state index contributed by atoms with van der Waals surface area (Å²) in [5, 5.41) is 35.3. The lowest BCUT2D eigenvalue weighted by Crippen LogP contribution is -2.52. The van der Waals surface area contributed by atoms with E-state index in [4.69, 9.17) is 27.9 Å². The molecule has 8 nitrogen and oxygen atoms in total. The van der Waals surface area contributed by atoms with Crippen molar-refractivity contribution in [3.8, 4) is 0 Å². The van der Waals surface area contributed by atoms with Gasteiger partial charge in [0.2, 0.25) is 0 Å². The number of nitrogens with zero attached hydrogens (tertiary/aromatic N) is 1. The number of hydrogen-bond acceptors (Lipinski definition) is 6. The molecule has 5 aromatic rings. The molecule has 194 valence electrons. The van der Waals surface area contributed by atoms with Crippen LogP contribution < -0.4 is 0 Å². The normalized spacial score (nSPS) is 25.9. The standard InChI is InChI=1S/C28H22Cl2N2O6/c1-10-17(9-33)38-28(27(37)26(10)36)32-24-12(5-3-7-14(24)30)19-21-16(35)8-15(34)20(21)18-11-4-2-6-13(29)22(11)31-23(18)25(19)32/h2-7,10,17,26-28,31,33,36-37H,8-9H2,1H3. The van der Waals surface area contributed by atoms with Gasteiger partial charge in [0.25, 0.3) is 0 Å². The van der Waals surface area contributed by atoms with Crippen LogP contribution in [0.25, 0.3) is 43.6 Å². The lowest BCUT2D eigenvalue weighted by atomic mass is 9.90. The van der Waals surface area contributed by atoms with Crippen molar-refractivity contribution in [3.05, 3.63) is 57.6 Å². The van der Waals surface area contributed by atoms with Crippen LogP contribution in [0, 0.1) is 5.92 Å². The Hall–Kier alpha value is -2.98. The highest BCUT2D eigenvalue weighted by molar-refractivity contribution is 6.44. The third kappa shape index (κ3) is 2.96. The number of aliphatic hydroxyl groups is 3. The number of ether oxygens (including phenoxy) is 1. The van der Waals surface area contributed by atoms with Crippen molar-refractivity contribution in [2.75, 3.05) is 6.61 Å². The van der Waals surface area contributed by atoms with E-state index in [-0.39, 0.29) is 24.6 Å². The summed E-state index contributed by atoms with van der Waals surface area (Å²) in [5.41, 5.74) is 2.71. The number of carbonyl (C=O) groups is 2. The summed E-state index contributed by atoms with van der Waals surface area (Å²) in [4.78, 5) is 30.0. The number of carbonyl (C=O) groups excluding carboxylic acids is 2.